The molecule has 1 aromatic heterocycles. The summed E-state index contributed by atoms with van der Waals surface area (Å²) in [6.45, 7) is 3.52. The van der Waals surface area contributed by atoms with E-state index in [2.05, 4.69) is 4.98 Å². The first kappa shape index (κ1) is 24.2. The minimum atomic E-state index is -0.962. The van der Waals surface area contributed by atoms with E-state index in [1.807, 2.05) is 43.3 Å². The van der Waals surface area contributed by atoms with Crippen LogP contribution in [0.1, 0.15) is 37.5 Å². The number of carboxylic acids is 1. The molecule has 3 aromatic rings. The van der Waals surface area contributed by atoms with E-state index in [1.165, 1.54) is 16.2 Å². The molecule has 1 aliphatic heterocycles. The summed E-state index contributed by atoms with van der Waals surface area (Å²) in [7, 11) is 3.82. The topological polar surface area (TPSA) is 111 Å². The average molecular weight is 492 g/mol. The molecule has 1 atom stereocenters. The molecule has 0 saturated heterocycles. The van der Waals surface area contributed by atoms with Gasteiger partial charge in [0.15, 0.2) is 5.76 Å². The van der Waals surface area contributed by atoms with Crippen LogP contribution in [0.3, 0.4) is 0 Å². The first-order valence-corrected chi connectivity index (χ1v) is 11.7. The Labute approximate surface area is 206 Å². The maximum absolute atomic E-state index is 13.6. The van der Waals surface area contributed by atoms with E-state index in [9.17, 15) is 19.5 Å². The van der Waals surface area contributed by atoms with Crippen LogP contribution >= 0.6 is 11.3 Å². The summed E-state index contributed by atoms with van der Waals surface area (Å²) in [5.74, 6) is -2.70. The van der Waals surface area contributed by atoms with Crippen molar-refractivity contribution in [2.24, 2.45) is 0 Å². The lowest BCUT2D eigenvalue weighted by molar-refractivity contribution is -0.136. The van der Waals surface area contributed by atoms with Crippen molar-refractivity contribution in [2.45, 2.75) is 26.3 Å². The minimum Gasteiger partial charge on any atom is -0.503 e. The zero-order valence-electron chi connectivity index (χ0n) is 19.8. The highest BCUT2D eigenvalue weighted by Crippen LogP contribution is 2.43. The molecule has 1 aliphatic rings. The number of carbonyl (C=O) groups excluding carboxylic acids is 2. The number of benzene rings is 2. The SMILES string of the molecule is Cc1nc(C)c(C(=O)C2=C(O)C(=O)N(c3ccc(CC(=O)O)cc3)C2c2ccc(N(C)C)cc2)s1. The van der Waals surface area contributed by atoms with Crippen molar-refractivity contribution in [3.05, 3.63) is 86.6 Å². The predicted molar refractivity (Wildman–Crippen MR) is 134 cm³/mol. The van der Waals surface area contributed by atoms with Crippen LogP contribution in [-0.4, -0.2) is 47.0 Å². The molecule has 180 valence electrons. The molecule has 2 heterocycles. The molecule has 2 aromatic carbocycles. The van der Waals surface area contributed by atoms with Gasteiger partial charge in [-0.05, 0) is 49.2 Å². The number of ketones is 1. The van der Waals surface area contributed by atoms with Crippen LogP contribution in [0.5, 0.6) is 0 Å². The summed E-state index contributed by atoms with van der Waals surface area (Å²) >= 11 is 1.22. The normalized spacial score (nSPS) is 15.6. The third-order valence-corrected chi connectivity index (χ3v) is 6.93. The van der Waals surface area contributed by atoms with Crippen LogP contribution in [0, 0.1) is 13.8 Å². The number of aryl methyl sites for hydroxylation is 2. The molecule has 9 heteroatoms. The number of thiazole rings is 1. The fraction of sp³-hybridized carbons (Fsp3) is 0.231. The number of aliphatic hydroxyl groups is 1. The Hall–Kier alpha value is -3.98. The predicted octanol–water partition coefficient (Wildman–Crippen LogP) is 4.24. The number of rotatable bonds is 7. The Balaban J connectivity index is 1.83. The van der Waals surface area contributed by atoms with E-state index < -0.39 is 29.5 Å². The fourth-order valence-corrected chi connectivity index (χ4v) is 5.06. The Bertz CT molecular complexity index is 1340. The molecular weight excluding hydrogens is 466 g/mol. The van der Waals surface area contributed by atoms with Gasteiger partial charge in [-0.2, -0.15) is 0 Å². The van der Waals surface area contributed by atoms with Crippen molar-refractivity contribution in [3.8, 4) is 0 Å². The van der Waals surface area contributed by atoms with Gasteiger partial charge in [-0.3, -0.25) is 19.3 Å². The quantitative estimate of drug-likeness (QED) is 0.476. The molecule has 0 saturated carbocycles. The summed E-state index contributed by atoms with van der Waals surface area (Å²) in [6.07, 6.45) is -0.152. The molecule has 4 rings (SSSR count). The summed E-state index contributed by atoms with van der Waals surface area (Å²) in [5, 5.41) is 20.7. The zero-order valence-corrected chi connectivity index (χ0v) is 20.6. The average Bonchev–Trinajstić information content (AvgIpc) is 3.29. The third kappa shape index (κ3) is 4.54. The van der Waals surface area contributed by atoms with Crippen LogP contribution in [-0.2, 0) is 16.0 Å². The number of carboxylic acid groups (broad SMARTS) is 1. The number of nitrogens with zero attached hydrogens (tertiary/aromatic N) is 3. The van der Waals surface area contributed by atoms with Crippen LogP contribution in [0.2, 0.25) is 0 Å². The summed E-state index contributed by atoms with van der Waals surface area (Å²) in [5.41, 5.74) is 3.15. The molecular formula is C26H25N3O5S. The van der Waals surface area contributed by atoms with E-state index in [1.54, 1.807) is 38.1 Å². The number of hydrogen-bond acceptors (Lipinski definition) is 7. The third-order valence-electron chi connectivity index (χ3n) is 5.86. The number of aliphatic carboxylic acids is 1. The Morgan fingerprint density at radius 3 is 2.20 bits per heavy atom. The molecule has 8 nitrogen and oxygen atoms in total. The minimum absolute atomic E-state index is 0.00559. The zero-order chi connectivity index (χ0) is 25.4. The highest BCUT2D eigenvalue weighted by atomic mass is 32.1. The Morgan fingerprint density at radius 2 is 1.69 bits per heavy atom. The lowest BCUT2D eigenvalue weighted by atomic mass is 9.94. The molecule has 0 spiro atoms. The number of carbonyl (C=O) groups is 3. The van der Waals surface area contributed by atoms with E-state index in [0.29, 0.717) is 32.4 Å². The fourth-order valence-electron chi connectivity index (χ4n) is 4.19. The van der Waals surface area contributed by atoms with Crippen LogP contribution < -0.4 is 9.80 Å². The second kappa shape index (κ2) is 9.34. The number of amides is 1. The van der Waals surface area contributed by atoms with Gasteiger partial charge in [0.05, 0.1) is 33.6 Å². The van der Waals surface area contributed by atoms with E-state index in [-0.39, 0.29) is 12.0 Å². The first-order valence-electron chi connectivity index (χ1n) is 10.9. The number of hydrogen-bond donors (Lipinski definition) is 2. The van der Waals surface area contributed by atoms with E-state index in [0.717, 1.165) is 5.69 Å². The van der Waals surface area contributed by atoms with Gasteiger partial charge in [-0.1, -0.05) is 24.3 Å². The second-order valence-corrected chi connectivity index (χ2v) is 9.74. The van der Waals surface area contributed by atoms with Crippen molar-refractivity contribution in [1.29, 1.82) is 0 Å². The summed E-state index contributed by atoms with van der Waals surface area (Å²) in [6, 6.07) is 13.1. The van der Waals surface area contributed by atoms with Crippen molar-refractivity contribution in [3.63, 3.8) is 0 Å². The highest BCUT2D eigenvalue weighted by Gasteiger charge is 2.45. The number of aliphatic hydroxyl groups excluding tert-OH is 1. The van der Waals surface area contributed by atoms with Crippen LogP contribution in [0.4, 0.5) is 11.4 Å². The van der Waals surface area contributed by atoms with Gasteiger partial charge in [0.2, 0.25) is 5.78 Å². The summed E-state index contributed by atoms with van der Waals surface area (Å²) in [4.78, 5) is 46.0. The second-order valence-electron chi connectivity index (χ2n) is 8.54. The van der Waals surface area contributed by atoms with Crippen molar-refractivity contribution in [2.75, 3.05) is 23.9 Å². The van der Waals surface area contributed by atoms with Gasteiger partial charge in [-0.15, -0.1) is 11.3 Å². The smallest absolute Gasteiger partial charge is 0.307 e. The van der Waals surface area contributed by atoms with Crippen molar-refractivity contribution < 1.29 is 24.6 Å². The lowest BCUT2D eigenvalue weighted by Crippen LogP contribution is -2.31. The summed E-state index contributed by atoms with van der Waals surface area (Å²) < 4.78 is 0. The van der Waals surface area contributed by atoms with Gasteiger partial charge in [0.1, 0.15) is 0 Å². The lowest BCUT2D eigenvalue weighted by Gasteiger charge is -2.27. The van der Waals surface area contributed by atoms with Crippen LogP contribution in [0.25, 0.3) is 0 Å². The van der Waals surface area contributed by atoms with Gasteiger partial charge in [0.25, 0.3) is 5.91 Å². The molecule has 1 amide bonds. The number of aromatic nitrogens is 1. The van der Waals surface area contributed by atoms with Crippen molar-refractivity contribution in [1.82, 2.24) is 4.98 Å². The Kier molecular flexibility index (Phi) is 6.45. The Morgan fingerprint density at radius 1 is 1.06 bits per heavy atom. The molecule has 0 fully saturated rings. The van der Waals surface area contributed by atoms with Gasteiger partial charge < -0.3 is 15.1 Å². The van der Waals surface area contributed by atoms with Gasteiger partial charge in [-0.25, -0.2) is 4.98 Å². The van der Waals surface area contributed by atoms with E-state index >= 15 is 0 Å². The standard InChI is InChI=1S/C26H25N3O5S/c1-14-25(35-15(2)27-14)23(32)21-22(17-7-11-18(12-8-17)28(3)4)29(26(34)24(21)33)19-9-5-16(6-10-19)13-20(30)31/h5-12,22,33H,13H2,1-4H3,(H,30,31). The van der Waals surface area contributed by atoms with Crippen molar-refractivity contribution >= 4 is 40.4 Å². The number of anilines is 2. The van der Waals surface area contributed by atoms with Gasteiger partial charge in [0, 0.05) is 25.5 Å². The molecule has 35 heavy (non-hydrogen) atoms. The molecule has 0 aliphatic carbocycles. The largest absolute Gasteiger partial charge is 0.503 e. The number of Topliss-reactive ketones (excluding diaryl/α,β-unsaturated/α-hetero) is 1. The molecule has 2 N–H and O–H groups in total. The van der Waals surface area contributed by atoms with Gasteiger partial charge >= 0.3 is 5.97 Å². The van der Waals surface area contributed by atoms with E-state index in [4.69, 9.17) is 5.11 Å². The molecule has 0 bridgehead atoms. The monoisotopic (exact) mass is 491 g/mol. The highest BCUT2D eigenvalue weighted by molar-refractivity contribution is 7.14. The first-order chi connectivity index (χ1) is 16.6. The molecule has 1 unspecified atom stereocenters. The molecule has 0 radical (unpaired) electrons. The maximum Gasteiger partial charge on any atom is 0.307 e. The maximum atomic E-state index is 13.6. The van der Waals surface area contributed by atoms with Crippen LogP contribution in [0.15, 0.2) is 59.9 Å².